The summed E-state index contributed by atoms with van der Waals surface area (Å²) in [6.45, 7) is 0. The van der Waals surface area contributed by atoms with E-state index in [4.69, 9.17) is 32.7 Å². The maximum absolute atomic E-state index is 10.6. The van der Waals surface area contributed by atoms with Gasteiger partial charge in [-0.15, -0.1) is 0 Å². The van der Waals surface area contributed by atoms with Crippen molar-refractivity contribution < 1.29 is 19.1 Å². The molecule has 1 saturated carbocycles. The van der Waals surface area contributed by atoms with Crippen molar-refractivity contribution in [3.05, 3.63) is 0 Å². The summed E-state index contributed by atoms with van der Waals surface area (Å²) in [7, 11) is 0. The average molecular weight is 269 g/mol. The molecule has 0 atom stereocenters. The van der Waals surface area contributed by atoms with Gasteiger partial charge in [0.05, 0.1) is 0 Å². The Morgan fingerprint density at radius 1 is 0.812 bits per heavy atom. The molecule has 0 heterocycles. The Bertz CT molecular complexity index is 223. The Balaban J connectivity index is 2.31. The van der Waals surface area contributed by atoms with Crippen molar-refractivity contribution in [2.75, 3.05) is 0 Å². The lowest BCUT2D eigenvalue weighted by Gasteiger charge is -2.23. The van der Waals surface area contributed by atoms with E-state index < -0.39 is 10.9 Å². The normalized spacial score (nSPS) is 26.4. The number of carbonyl (C=O) groups excluding carboxylic acids is 2. The van der Waals surface area contributed by atoms with Gasteiger partial charge in [-0.3, -0.25) is 0 Å². The maximum atomic E-state index is 10.6. The van der Waals surface area contributed by atoms with Crippen LogP contribution in [-0.2, 0) is 9.47 Å². The molecule has 0 spiro atoms. The number of rotatable bonds is 2. The summed E-state index contributed by atoms with van der Waals surface area (Å²) in [5.41, 5.74) is -1.51. The van der Waals surface area contributed by atoms with Crippen LogP contribution in [0.4, 0.5) is 9.59 Å². The molecule has 0 aromatic carbocycles. The fourth-order valence-electron chi connectivity index (χ4n) is 1.93. The fraction of sp³-hybridized carbons (Fsp3) is 0.800. The third kappa shape index (κ3) is 5.56. The molecule has 16 heavy (non-hydrogen) atoms. The van der Waals surface area contributed by atoms with Crippen LogP contribution in [0.2, 0.25) is 0 Å². The van der Waals surface area contributed by atoms with Crippen LogP contribution in [-0.4, -0.2) is 23.1 Å². The number of halogens is 2. The molecule has 1 aliphatic carbocycles. The number of hydrogen-bond acceptors (Lipinski definition) is 4. The van der Waals surface area contributed by atoms with Crippen molar-refractivity contribution >= 4 is 34.1 Å². The first-order valence-electron chi connectivity index (χ1n) is 5.30. The van der Waals surface area contributed by atoms with Gasteiger partial charge in [0, 0.05) is 23.2 Å². The van der Waals surface area contributed by atoms with E-state index in [1.54, 1.807) is 0 Å². The highest BCUT2D eigenvalue weighted by molar-refractivity contribution is 6.61. The van der Waals surface area contributed by atoms with E-state index in [0.717, 1.165) is 38.5 Å². The zero-order valence-corrected chi connectivity index (χ0v) is 10.3. The molecule has 6 heteroatoms. The lowest BCUT2D eigenvalue weighted by Crippen LogP contribution is -2.22. The van der Waals surface area contributed by atoms with Gasteiger partial charge in [0.25, 0.3) is 0 Å². The van der Waals surface area contributed by atoms with Crippen LogP contribution in [0.5, 0.6) is 0 Å². The van der Waals surface area contributed by atoms with Crippen molar-refractivity contribution in [1.82, 2.24) is 0 Å². The van der Waals surface area contributed by atoms with Gasteiger partial charge in [0.1, 0.15) is 12.2 Å². The molecule has 0 N–H and O–H groups in total. The average Bonchev–Trinajstić information content (AvgIpc) is 2.11. The largest absolute Gasteiger partial charge is 0.450 e. The SMILES string of the molecule is O=C(Cl)O[C@H]1CCC[C@@H](OC(=O)Cl)CCC1. The van der Waals surface area contributed by atoms with E-state index in [9.17, 15) is 9.59 Å². The standard InChI is InChI=1S/C10H14Cl2O4/c11-9(13)15-7-3-1-4-8(6-2-5-7)16-10(12)14/h7-8H,1-6H2/t7-,8+. The summed E-state index contributed by atoms with van der Waals surface area (Å²) in [6.07, 6.45) is 4.40. The van der Waals surface area contributed by atoms with Gasteiger partial charge >= 0.3 is 10.9 Å². The molecule has 0 aromatic rings. The van der Waals surface area contributed by atoms with Gasteiger partial charge in [-0.05, 0) is 38.5 Å². The molecule has 0 saturated heterocycles. The molecule has 1 fully saturated rings. The maximum Gasteiger partial charge on any atom is 0.404 e. The van der Waals surface area contributed by atoms with Gasteiger partial charge in [-0.2, -0.15) is 0 Å². The number of carbonyl (C=O) groups is 2. The van der Waals surface area contributed by atoms with Crippen LogP contribution in [0.25, 0.3) is 0 Å². The summed E-state index contributed by atoms with van der Waals surface area (Å²) < 4.78 is 9.87. The highest BCUT2D eigenvalue weighted by Gasteiger charge is 2.20. The van der Waals surface area contributed by atoms with Crippen molar-refractivity contribution in [3.8, 4) is 0 Å². The minimum absolute atomic E-state index is 0.113. The van der Waals surface area contributed by atoms with Crippen molar-refractivity contribution in [2.45, 2.75) is 50.7 Å². The summed E-state index contributed by atoms with van der Waals surface area (Å²) in [5, 5.41) is 0. The molecule has 0 aromatic heterocycles. The predicted molar refractivity (Wildman–Crippen MR) is 59.9 cm³/mol. The smallest absolute Gasteiger partial charge is 0.404 e. The fourth-order valence-corrected chi connectivity index (χ4v) is 2.18. The van der Waals surface area contributed by atoms with Crippen molar-refractivity contribution in [2.24, 2.45) is 0 Å². The molecule has 0 radical (unpaired) electrons. The molecule has 0 bridgehead atoms. The second-order valence-electron chi connectivity index (χ2n) is 3.82. The molecular weight excluding hydrogens is 255 g/mol. The van der Waals surface area contributed by atoms with Gasteiger partial charge in [-0.25, -0.2) is 9.59 Å². The third-order valence-electron chi connectivity index (χ3n) is 2.62. The van der Waals surface area contributed by atoms with E-state index in [-0.39, 0.29) is 12.2 Å². The van der Waals surface area contributed by atoms with E-state index in [2.05, 4.69) is 0 Å². The van der Waals surface area contributed by atoms with Gasteiger partial charge in [0.15, 0.2) is 0 Å². The van der Waals surface area contributed by atoms with E-state index in [0.29, 0.717) is 0 Å². The minimum atomic E-state index is -0.755. The highest BCUT2D eigenvalue weighted by atomic mass is 35.5. The molecule has 1 rings (SSSR count). The molecular formula is C10H14Cl2O4. The molecule has 92 valence electrons. The van der Waals surface area contributed by atoms with Gasteiger partial charge in [-0.1, -0.05) is 0 Å². The van der Waals surface area contributed by atoms with Gasteiger partial charge < -0.3 is 9.47 Å². The summed E-state index contributed by atoms with van der Waals surface area (Å²) in [5.74, 6) is 0. The van der Waals surface area contributed by atoms with Crippen LogP contribution in [0, 0.1) is 0 Å². The van der Waals surface area contributed by atoms with Crippen LogP contribution < -0.4 is 0 Å². The Morgan fingerprint density at radius 3 is 1.38 bits per heavy atom. The predicted octanol–water partition coefficient (Wildman–Crippen LogP) is 3.83. The lowest BCUT2D eigenvalue weighted by atomic mass is 9.96. The topological polar surface area (TPSA) is 52.6 Å². The second-order valence-corrected chi connectivity index (χ2v) is 4.43. The first kappa shape index (κ1) is 13.6. The lowest BCUT2D eigenvalue weighted by molar-refractivity contribution is 0.0710. The van der Waals surface area contributed by atoms with Crippen molar-refractivity contribution in [1.29, 1.82) is 0 Å². The number of hydrogen-bond donors (Lipinski definition) is 0. The first-order valence-corrected chi connectivity index (χ1v) is 6.05. The van der Waals surface area contributed by atoms with Crippen molar-refractivity contribution in [3.63, 3.8) is 0 Å². The zero-order valence-electron chi connectivity index (χ0n) is 8.79. The van der Waals surface area contributed by atoms with E-state index in [1.807, 2.05) is 0 Å². The third-order valence-corrected chi connectivity index (χ3v) is 2.80. The first-order chi connectivity index (χ1) is 7.58. The Kier molecular flexibility index (Phi) is 5.91. The van der Waals surface area contributed by atoms with E-state index >= 15 is 0 Å². The minimum Gasteiger partial charge on any atom is -0.450 e. The zero-order chi connectivity index (χ0) is 12.0. The van der Waals surface area contributed by atoms with Crippen LogP contribution >= 0.6 is 23.2 Å². The Hall–Kier alpha value is -0.480. The molecule has 0 amide bonds. The quantitative estimate of drug-likeness (QED) is 0.715. The van der Waals surface area contributed by atoms with Crippen LogP contribution in [0.3, 0.4) is 0 Å². The molecule has 4 nitrogen and oxygen atoms in total. The second kappa shape index (κ2) is 6.97. The monoisotopic (exact) mass is 268 g/mol. The van der Waals surface area contributed by atoms with Crippen LogP contribution in [0.1, 0.15) is 38.5 Å². The summed E-state index contributed by atoms with van der Waals surface area (Å²) in [6, 6.07) is 0. The summed E-state index contributed by atoms with van der Waals surface area (Å²) >= 11 is 10.3. The van der Waals surface area contributed by atoms with Crippen LogP contribution in [0.15, 0.2) is 0 Å². The highest BCUT2D eigenvalue weighted by Crippen LogP contribution is 2.22. The summed E-state index contributed by atoms with van der Waals surface area (Å²) in [4.78, 5) is 21.2. The van der Waals surface area contributed by atoms with E-state index in [1.165, 1.54) is 0 Å². The molecule has 0 aliphatic heterocycles. The molecule has 1 aliphatic rings. The Labute approximate surface area is 104 Å². The molecule has 0 unspecified atom stereocenters. The van der Waals surface area contributed by atoms with Gasteiger partial charge in [0.2, 0.25) is 0 Å². The number of ether oxygens (including phenoxy) is 2. The Morgan fingerprint density at radius 2 is 1.12 bits per heavy atom.